The lowest BCUT2D eigenvalue weighted by atomic mass is 10.1. The van der Waals surface area contributed by atoms with Gasteiger partial charge in [0, 0.05) is 19.0 Å². The van der Waals surface area contributed by atoms with Crippen molar-refractivity contribution in [2.24, 2.45) is 0 Å². The smallest absolute Gasteiger partial charge is 0.134 e. The monoisotopic (exact) mass is 277 g/mol. The molecule has 0 amide bonds. The van der Waals surface area contributed by atoms with Gasteiger partial charge >= 0.3 is 0 Å². The van der Waals surface area contributed by atoms with Crippen LogP contribution in [0.1, 0.15) is 24.4 Å². The maximum Gasteiger partial charge on any atom is 0.134 e. The fraction of sp³-hybridized carbons (Fsp3) is 0.286. The molecule has 2 N–H and O–H groups in total. The van der Waals surface area contributed by atoms with Crippen LogP contribution in [0.15, 0.2) is 36.4 Å². The zero-order valence-corrected chi connectivity index (χ0v) is 11.4. The number of hydrogen-bond acceptors (Lipinski definition) is 4. The van der Waals surface area contributed by atoms with Gasteiger partial charge in [-0.2, -0.15) is 0 Å². The minimum atomic E-state index is -0.583. The number of halogens is 1. The summed E-state index contributed by atoms with van der Waals surface area (Å²) in [5, 5.41) is 13.5. The van der Waals surface area contributed by atoms with E-state index in [2.05, 4.69) is 15.3 Å². The van der Waals surface area contributed by atoms with Gasteiger partial charge in [0.05, 0.1) is 6.10 Å². The van der Waals surface area contributed by atoms with Crippen LogP contribution in [0, 0.1) is 0 Å². The molecule has 5 heteroatoms. The number of aryl methyl sites for hydroxylation is 1. The van der Waals surface area contributed by atoms with E-state index in [-0.39, 0.29) is 0 Å². The third kappa shape index (κ3) is 3.91. The van der Waals surface area contributed by atoms with E-state index in [4.69, 9.17) is 11.6 Å². The summed E-state index contributed by atoms with van der Waals surface area (Å²) in [6.07, 6.45) is 0.135. The fourth-order valence-electron chi connectivity index (χ4n) is 1.71. The Morgan fingerprint density at radius 1 is 1.26 bits per heavy atom. The normalized spacial score (nSPS) is 12.2. The van der Waals surface area contributed by atoms with Crippen LogP contribution in [0.25, 0.3) is 0 Å². The van der Waals surface area contributed by atoms with E-state index in [1.54, 1.807) is 6.07 Å². The number of nitrogens with zero attached hydrogens (tertiary/aromatic N) is 2. The van der Waals surface area contributed by atoms with Crippen LogP contribution in [0.4, 0.5) is 5.82 Å². The van der Waals surface area contributed by atoms with Crippen LogP contribution in [-0.4, -0.2) is 21.6 Å². The molecular weight excluding hydrogens is 262 g/mol. The highest BCUT2D eigenvalue weighted by atomic mass is 35.5. The number of hydrogen-bond donors (Lipinski definition) is 2. The van der Waals surface area contributed by atoms with E-state index in [0.29, 0.717) is 23.3 Å². The summed E-state index contributed by atoms with van der Waals surface area (Å²) >= 11 is 5.91. The van der Waals surface area contributed by atoms with Crippen molar-refractivity contribution in [2.45, 2.75) is 19.4 Å². The molecule has 0 aliphatic heterocycles. The summed E-state index contributed by atoms with van der Waals surface area (Å²) in [5.74, 6) is 1.32. The molecule has 1 atom stereocenters. The van der Waals surface area contributed by atoms with Crippen molar-refractivity contribution in [3.63, 3.8) is 0 Å². The van der Waals surface area contributed by atoms with Gasteiger partial charge in [0.1, 0.15) is 16.8 Å². The molecule has 0 saturated carbocycles. The average Bonchev–Trinajstić information content (AvgIpc) is 2.45. The molecule has 0 fully saturated rings. The zero-order valence-electron chi connectivity index (χ0n) is 10.7. The van der Waals surface area contributed by atoms with Crippen molar-refractivity contribution in [1.82, 2.24) is 9.97 Å². The number of anilines is 1. The first-order valence-corrected chi connectivity index (χ1v) is 6.57. The first kappa shape index (κ1) is 13.8. The van der Waals surface area contributed by atoms with Gasteiger partial charge in [-0.25, -0.2) is 9.97 Å². The second-order valence-electron chi connectivity index (χ2n) is 4.15. The maximum atomic E-state index is 10.0. The van der Waals surface area contributed by atoms with Crippen LogP contribution in [0.5, 0.6) is 0 Å². The van der Waals surface area contributed by atoms with E-state index in [9.17, 15) is 5.11 Å². The van der Waals surface area contributed by atoms with Gasteiger partial charge in [-0.3, -0.25) is 0 Å². The van der Waals surface area contributed by atoms with Crippen molar-refractivity contribution in [3.8, 4) is 0 Å². The molecule has 1 aromatic carbocycles. The Kier molecular flexibility index (Phi) is 4.71. The van der Waals surface area contributed by atoms with E-state index in [1.165, 1.54) is 0 Å². The number of benzene rings is 1. The molecule has 2 aromatic rings. The lowest BCUT2D eigenvalue weighted by Gasteiger charge is -2.13. The summed E-state index contributed by atoms with van der Waals surface area (Å²) in [5.41, 5.74) is 0.867. The number of nitrogens with one attached hydrogen (secondary N) is 1. The molecule has 0 saturated heterocycles. The summed E-state index contributed by atoms with van der Waals surface area (Å²) in [4.78, 5) is 8.39. The molecular formula is C14H16ClN3O. The van der Waals surface area contributed by atoms with Gasteiger partial charge in [-0.1, -0.05) is 48.9 Å². The van der Waals surface area contributed by atoms with E-state index in [0.717, 1.165) is 12.0 Å². The Balaban J connectivity index is 2.01. The Bertz CT molecular complexity index is 533. The molecule has 0 spiro atoms. The summed E-state index contributed by atoms with van der Waals surface area (Å²) in [6, 6.07) is 11.1. The van der Waals surface area contributed by atoms with Crippen molar-refractivity contribution in [3.05, 3.63) is 52.9 Å². The number of aliphatic hydroxyl groups excluding tert-OH is 1. The van der Waals surface area contributed by atoms with Crippen LogP contribution in [0.2, 0.25) is 5.15 Å². The fourth-order valence-corrected chi connectivity index (χ4v) is 1.91. The molecule has 0 aliphatic carbocycles. The standard InChI is InChI=1S/C14H16ClN3O/c1-2-13-17-12(15)8-14(18-13)16-9-11(19)10-6-4-3-5-7-10/h3-8,11,19H,2,9H2,1H3,(H,16,17,18). The van der Waals surface area contributed by atoms with Crippen LogP contribution < -0.4 is 5.32 Å². The third-order valence-electron chi connectivity index (χ3n) is 2.72. The minimum absolute atomic E-state index is 0.376. The molecule has 0 aliphatic rings. The Morgan fingerprint density at radius 3 is 2.68 bits per heavy atom. The van der Waals surface area contributed by atoms with Gasteiger partial charge < -0.3 is 10.4 Å². The van der Waals surface area contributed by atoms with Crippen molar-refractivity contribution >= 4 is 17.4 Å². The third-order valence-corrected chi connectivity index (χ3v) is 2.91. The topological polar surface area (TPSA) is 58.0 Å². The van der Waals surface area contributed by atoms with E-state index in [1.807, 2.05) is 37.3 Å². The molecule has 2 rings (SSSR count). The lowest BCUT2D eigenvalue weighted by molar-refractivity contribution is 0.191. The highest BCUT2D eigenvalue weighted by Crippen LogP contribution is 2.15. The predicted molar refractivity (Wildman–Crippen MR) is 76.3 cm³/mol. The van der Waals surface area contributed by atoms with E-state index >= 15 is 0 Å². The number of aliphatic hydroxyl groups is 1. The van der Waals surface area contributed by atoms with E-state index < -0.39 is 6.10 Å². The molecule has 1 aromatic heterocycles. The maximum absolute atomic E-state index is 10.0. The second-order valence-corrected chi connectivity index (χ2v) is 4.54. The molecule has 19 heavy (non-hydrogen) atoms. The lowest BCUT2D eigenvalue weighted by Crippen LogP contribution is -2.13. The van der Waals surface area contributed by atoms with Gasteiger partial charge in [0.2, 0.25) is 0 Å². The predicted octanol–water partition coefficient (Wildman–Crippen LogP) is 2.84. The summed E-state index contributed by atoms with van der Waals surface area (Å²) in [6.45, 7) is 2.34. The quantitative estimate of drug-likeness (QED) is 0.825. The average molecular weight is 278 g/mol. The van der Waals surface area contributed by atoms with Gasteiger partial charge in [0.25, 0.3) is 0 Å². The summed E-state index contributed by atoms with van der Waals surface area (Å²) < 4.78 is 0. The van der Waals surface area contributed by atoms with Crippen LogP contribution in [0.3, 0.4) is 0 Å². The van der Waals surface area contributed by atoms with Gasteiger partial charge in [0.15, 0.2) is 0 Å². The van der Waals surface area contributed by atoms with Gasteiger partial charge in [-0.15, -0.1) is 0 Å². The molecule has 100 valence electrons. The SMILES string of the molecule is CCc1nc(Cl)cc(NCC(O)c2ccccc2)n1. The second kappa shape index (κ2) is 6.50. The Hall–Kier alpha value is -1.65. The highest BCUT2D eigenvalue weighted by Gasteiger charge is 2.08. The molecule has 0 bridgehead atoms. The van der Waals surface area contributed by atoms with Crippen molar-refractivity contribution < 1.29 is 5.11 Å². The first-order chi connectivity index (χ1) is 9.19. The van der Waals surface area contributed by atoms with Crippen LogP contribution in [-0.2, 0) is 6.42 Å². The zero-order chi connectivity index (χ0) is 13.7. The number of rotatable bonds is 5. The van der Waals surface area contributed by atoms with Crippen LogP contribution >= 0.6 is 11.6 Å². The van der Waals surface area contributed by atoms with Crippen molar-refractivity contribution in [1.29, 1.82) is 0 Å². The number of aromatic nitrogens is 2. The summed E-state index contributed by atoms with van der Waals surface area (Å²) in [7, 11) is 0. The van der Waals surface area contributed by atoms with Gasteiger partial charge in [-0.05, 0) is 5.56 Å². The molecule has 1 unspecified atom stereocenters. The minimum Gasteiger partial charge on any atom is -0.387 e. The Morgan fingerprint density at radius 2 is 2.00 bits per heavy atom. The Labute approximate surface area is 117 Å². The molecule has 0 radical (unpaired) electrons. The first-order valence-electron chi connectivity index (χ1n) is 6.19. The highest BCUT2D eigenvalue weighted by molar-refractivity contribution is 6.29. The molecule has 1 heterocycles. The van der Waals surface area contributed by atoms with Crippen molar-refractivity contribution in [2.75, 3.05) is 11.9 Å². The molecule has 4 nitrogen and oxygen atoms in total. The largest absolute Gasteiger partial charge is 0.387 e.